The second kappa shape index (κ2) is 8.12. The van der Waals surface area contributed by atoms with Crippen molar-refractivity contribution < 1.29 is 14.3 Å². The van der Waals surface area contributed by atoms with E-state index in [0.29, 0.717) is 16.3 Å². The molecule has 3 aliphatic carbocycles. The number of amides is 1. The lowest BCUT2D eigenvalue weighted by molar-refractivity contribution is 0.000946. The molecule has 7 heteroatoms. The summed E-state index contributed by atoms with van der Waals surface area (Å²) >= 11 is 6.54. The summed E-state index contributed by atoms with van der Waals surface area (Å²) in [5, 5.41) is 3.86. The molecule has 1 amide bonds. The zero-order valence-electron chi connectivity index (χ0n) is 18.9. The van der Waals surface area contributed by atoms with Crippen LogP contribution in [0.25, 0.3) is 11.0 Å². The zero-order valence-corrected chi connectivity index (χ0v) is 19.6. The highest BCUT2D eigenvalue weighted by Gasteiger charge is 2.49. The van der Waals surface area contributed by atoms with Crippen LogP contribution in [0.4, 0.5) is 4.79 Å². The van der Waals surface area contributed by atoms with Gasteiger partial charge in [-0.2, -0.15) is 0 Å². The Morgan fingerprint density at radius 3 is 2.45 bits per heavy atom. The molecule has 3 saturated carbocycles. The second-order valence-corrected chi connectivity index (χ2v) is 10.6. The van der Waals surface area contributed by atoms with Crippen LogP contribution in [-0.4, -0.2) is 34.3 Å². The normalized spacial score (nSPS) is 25.5. The summed E-state index contributed by atoms with van der Waals surface area (Å²) in [5.74, 6) is 0.573. The van der Waals surface area contributed by atoms with E-state index in [1.54, 1.807) is 13.3 Å². The third-order valence-electron chi connectivity index (χ3n) is 7.02. The molecule has 0 aliphatic heterocycles. The first kappa shape index (κ1) is 22.1. The minimum absolute atomic E-state index is 0.111. The van der Waals surface area contributed by atoms with Crippen LogP contribution in [0, 0.1) is 5.41 Å². The van der Waals surface area contributed by atoms with Crippen LogP contribution in [-0.2, 0) is 11.2 Å². The van der Waals surface area contributed by atoms with Gasteiger partial charge < -0.3 is 14.8 Å². The SMILES string of the molecule is COc1ccc2ncc(Cl)c(CCC34CCC(NC(=O)OC(C)(C)C)(CC3)CC4)c2n1. The van der Waals surface area contributed by atoms with E-state index in [4.69, 9.17) is 21.1 Å². The van der Waals surface area contributed by atoms with Crippen molar-refractivity contribution in [3.8, 4) is 5.88 Å². The molecule has 2 heterocycles. The third kappa shape index (κ3) is 4.74. The Morgan fingerprint density at radius 1 is 1.16 bits per heavy atom. The van der Waals surface area contributed by atoms with Gasteiger partial charge in [-0.1, -0.05) is 11.6 Å². The van der Waals surface area contributed by atoms with Gasteiger partial charge in [0.05, 0.1) is 23.2 Å². The van der Waals surface area contributed by atoms with Crippen molar-refractivity contribution in [3.63, 3.8) is 0 Å². The Morgan fingerprint density at radius 2 is 1.84 bits per heavy atom. The molecular formula is C24H32ClN3O3. The molecule has 2 bridgehead atoms. The number of hydrogen-bond donors (Lipinski definition) is 1. The van der Waals surface area contributed by atoms with Crippen molar-refractivity contribution in [3.05, 3.63) is 28.9 Å². The molecule has 3 fully saturated rings. The Bertz CT molecular complexity index is 961. The Balaban J connectivity index is 1.44. The van der Waals surface area contributed by atoms with Crippen molar-refractivity contribution in [2.75, 3.05) is 7.11 Å². The van der Waals surface area contributed by atoms with E-state index in [9.17, 15) is 4.79 Å². The third-order valence-corrected chi connectivity index (χ3v) is 7.35. The van der Waals surface area contributed by atoms with Crippen molar-refractivity contribution in [1.29, 1.82) is 0 Å². The summed E-state index contributed by atoms with van der Waals surface area (Å²) < 4.78 is 10.8. The molecule has 168 valence electrons. The number of aromatic nitrogens is 2. The van der Waals surface area contributed by atoms with E-state index in [2.05, 4.69) is 15.3 Å². The lowest BCUT2D eigenvalue weighted by atomic mass is 9.56. The van der Waals surface area contributed by atoms with Gasteiger partial charge in [0.1, 0.15) is 5.60 Å². The summed E-state index contributed by atoms with van der Waals surface area (Å²) in [6.45, 7) is 5.69. The Kier molecular flexibility index (Phi) is 5.80. The summed E-state index contributed by atoms with van der Waals surface area (Å²) in [6.07, 6.45) is 9.70. The fourth-order valence-electron chi connectivity index (χ4n) is 5.16. The zero-order chi connectivity index (χ0) is 22.3. The number of methoxy groups -OCH3 is 1. The predicted octanol–water partition coefficient (Wildman–Crippen LogP) is 5.84. The number of alkyl carbamates (subject to hydrolysis) is 1. The molecular weight excluding hydrogens is 414 g/mol. The van der Waals surface area contributed by atoms with Crippen molar-refractivity contribution in [2.24, 2.45) is 5.41 Å². The number of aryl methyl sites for hydroxylation is 1. The van der Waals surface area contributed by atoms with Crippen LogP contribution in [0.3, 0.4) is 0 Å². The van der Waals surface area contributed by atoms with Gasteiger partial charge >= 0.3 is 6.09 Å². The predicted molar refractivity (Wildman–Crippen MR) is 122 cm³/mol. The van der Waals surface area contributed by atoms with Gasteiger partial charge in [-0.15, -0.1) is 0 Å². The maximum Gasteiger partial charge on any atom is 0.408 e. The number of pyridine rings is 2. The molecule has 0 saturated heterocycles. The number of carbonyl (C=O) groups is 1. The minimum atomic E-state index is -0.475. The minimum Gasteiger partial charge on any atom is -0.481 e. The summed E-state index contributed by atoms with van der Waals surface area (Å²) in [5.41, 5.74) is 2.43. The van der Waals surface area contributed by atoms with E-state index < -0.39 is 5.60 Å². The number of hydrogen-bond acceptors (Lipinski definition) is 5. The summed E-state index contributed by atoms with van der Waals surface area (Å²) in [7, 11) is 1.62. The number of nitrogens with zero attached hydrogens (tertiary/aromatic N) is 2. The van der Waals surface area contributed by atoms with Gasteiger partial charge in [0, 0.05) is 23.4 Å². The van der Waals surface area contributed by atoms with Crippen LogP contribution in [0.5, 0.6) is 5.88 Å². The van der Waals surface area contributed by atoms with Gasteiger partial charge in [0.15, 0.2) is 0 Å². The first-order valence-electron chi connectivity index (χ1n) is 11.1. The number of halogens is 1. The number of fused-ring (bicyclic) bond motifs is 4. The molecule has 2 aromatic heterocycles. The highest BCUT2D eigenvalue weighted by molar-refractivity contribution is 6.32. The average molecular weight is 446 g/mol. The monoisotopic (exact) mass is 445 g/mol. The average Bonchev–Trinajstić information content (AvgIpc) is 2.72. The molecule has 0 spiro atoms. The Hall–Kier alpha value is -2.08. The van der Waals surface area contributed by atoms with E-state index in [1.807, 2.05) is 32.9 Å². The highest BCUT2D eigenvalue weighted by Crippen LogP contribution is 2.54. The van der Waals surface area contributed by atoms with Crippen LogP contribution in [0.2, 0.25) is 5.02 Å². The van der Waals surface area contributed by atoms with E-state index in [-0.39, 0.29) is 11.6 Å². The van der Waals surface area contributed by atoms with Crippen LogP contribution >= 0.6 is 11.6 Å². The lowest BCUT2D eigenvalue weighted by Gasteiger charge is -2.53. The Labute approximate surface area is 189 Å². The molecule has 0 unspecified atom stereocenters. The first-order chi connectivity index (χ1) is 14.6. The second-order valence-electron chi connectivity index (χ2n) is 10.2. The fraction of sp³-hybridized carbons (Fsp3) is 0.625. The fourth-order valence-corrected chi connectivity index (χ4v) is 5.40. The maximum atomic E-state index is 12.3. The van der Waals surface area contributed by atoms with Crippen LogP contribution < -0.4 is 10.1 Å². The molecule has 31 heavy (non-hydrogen) atoms. The quantitative estimate of drug-likeness (QED) is 0.625. The molecule has 0 aromatic carbocycles. The number of nitrogens with one attached hydrogen (secondary N) is 1. The topological polar surface area (TPSA) is 73.3 Å². The van der Waals surface area contributed by atoms with Crippen molar-refractivity contribution in [1.82, 2.24) is 15.3 Å². The highest BCUT2D eigenvalue weighted by atomic mass is 35.5. The summed E-state index contributed by atoms with van der Waals surface area (Å²) in [6, 6.07) is 3.75. The van der Waals surface area contributed by atoms with E-state index >= 15 is 0 Å². The van der Waals surface area contributed by atoms with E-state index in [0.717, 1.165) is 68.0 Å². The van der Waals surface area contributed by atoms with E-state index in [1.165, 1.54) is 0 Å². The molecule has 1 N–H and O–H groups in total. The number of carbonyl (C=O) groups excluding carboxylic acids is 1. The van der Waals surface area contributed by atoms with Crippen LogP contribution in [0.1, 0.15) is 71.3 Å². The first-order valence-corrected chi connectivity index (χ1v) is 11.5. The molecule has 2 aromatic rings. The van der Waals surface area contributed by atoms with Crippen molar-refractivity contribution >= 4 is 28.7 Å². The maximum absolute atomic E-state index is 12.3. The van der Waals surface area contributed by atoms with Gasteiger partial charge in [-0.05, 0) is 83.6 Å². The number of rotatable bonds is 5. The van der Waals surface area contributed by atoms with Gasteiger partial charge in [-0.3, -0.25) is 4.98 Å². The lowest BCUT2D eigenvalue weighted by Crippen LogP contribution is -2.57. The largest absolute Gasteiger partial charge is 0.481 e. The number of ether oxygens (including phenoxy) is 2. The molecule has 3 aliphatic rings. The molecule has 0 atom stereocenters. The van der Waals surface area contributed by atoms with Crippen molar-refractivity contribution in [2.45, 2.75) is 83.3 Å². The molecule has 5 rings (SSSR count). The van der Waals surface area contributed by atoms with Gasteiger partial charge in [-0.25, -0.2) is 9.78 Å². The molecule has 6 nitrogen and oxygen atoms in total. The smallest absolute Gasteiger partial charge is 0.408 e. The standard InChI is InChI=1S/C24H32ClN3O3/c1-22(2,3)31-21(29)28-24-12-9-23(10-13-24,11-14-24)8-7-16-17(25)15-26-18-5-6-19(30-4)27-20(16)18/h5-6,15H,7-14H2,1-4H3,(H,28,29). The van der Waals surface area contributed by atoms with Gasteiger partial charge in [0.2, 0.25) is 5.88 Å². The summed E-state index contributed by atoms with van der Waals surface area (Å²) in [4.78, 5) is 21.4. The van der Waals surface area contributed by atoms with Gasteiger partial charge in [0.25, 0.3) is 0 Å². The molecule has 0 radical (unpaired) electrons. The van der Waals surface area contributed by atoms with Crippen LogP contribution in [0.15, 0.2) is 18.3 Å².